The van der Waals surface area contributed by atoms with Gasteiger partial charge in [-0.2, -0.15) is 10.1 Å². The van der Waals surface area contributed by atoms with Gasteiger partial charge in [-0.15, -0.1) is 0 Å². The van der Waals surface area contributed by atoms with Crippen molar-refractivity contribution < 1.29 is 24.2 Å². The second-order valence-corrected chi connectivity index (χ2v) is 7.04. The van der Waals surface area contributed by atoms with Crippen LogP contribution in [0.5, 0.6) is 11.5 Å². The van der Waals surface area contributed by atoms with E-state index in [0.717, 1.165) is 5.56 Å². The third kappa shape index (κ3) is 4.17. The highest BCUT2D eigenvalue weighted by Gasteiger charge is 2.29. The van der Waals surface area contributed by atoms with Crippen LogP contribution in [0.3, 0.4) is 0 Å². The largest absolute Gasteiger partial charge is 0.493 e. The molecule has 2 aromatic rings. The van der Waals surface area contributed by atoms with Gasteiger partial charge < -0.3 is 14.6 Å². The van der Waals surface area contributed by atoms with Gasteiger partial charge in [0.25, 0.3) is 5.91 Å². The molecule has 0 aromatic heterocycles. The fourth-order valence-corrected chi connectivity index (χ4v) is 3.48. The normalized spacial score (nSPS) is 14.9. The standard InChI is InChI=1S/C21H19BrN2O5/c1-4-29-19-17(22)9-13(10-18(19)28-3)8-16-12(2)23-24(20(16)25)15-7-5-6-14(11-15)21(26)27/h5-11H,4H2,1-3H3,(H,26,27)/b16-8+. The Morgan fingerprint density at radius 3 is 2.72 bits per heavy atom. The first-order valence-electron chi connectivity index (χ1n) is 8.81. The van der Waals surface area contributed by atoms with E-state index in [0.29, 0.717) is 39.6 Å². The van der Waals surface area contributed by atoms with E-state index in [9.17, 15) is 14.7 Å². The number of carboxylic acids is 1. The highest BCUT2D eigenvalue weighted by Crippen LogP contribution is 2.37. The predicted molar refractivity (Wildman–Crippen MR) is 114 cm³/mol. The number of hydrogen-bond donors (Lipinski definition) is 1. The van der Waals surface area contributed by atoms with Crippen molar-refractivity contribution in [1.29, 1.82) is 0 Å². The van der Waals surface area contributed by atoms with Crippen LogP contribution in [0.25, 0.3) is 6.08 Å². The molecule has 2 aromatic carbocycles. The number of carbonyl (C=O) groups excluding carboxylic acids is 1. The van der Waals surface area contributed by atoms with E-state index < -0.39 is 5.97 Å². The summed E-state index contributed by atoms with van der Waals surface area (Å²) in [5.74, 6) is -0.276. The van der Waals surface area contributed by atoms with E-state index in [1.165, 1.54) is 17.1 Å². The predicted octanol–water partition coefficient (Wildman–Crippen LogP) is 4.36. The molecule has 8 heteroatoms. The van der Waals surface area contributed by atoms with Gasteiger partial charge in [0.1, 0.15) is 0 Å². The Kier molecular flexibility index (Phi) is 6.03. The zero-order valence-electron chi connectivity index (χ0n) is 16.1. The van der Waals surface area contributed by atoms with Crippen molar-refractivity contribution in [2.75, 3.05) is 18.7 Å². The van der Waals surface area contributed by atoms with Crippen LogP contribution in [0.15, 0.2) is 51.5 Å². The summed E-state index contributed by atoms with van der Waals surface area (Å²) in [6.45, 7) is 4.10. The molecule has 0 radical (unpaired) electrons. The molecule has 29 heavy (non-hydrogen) atoms. The first kappa shape index (κ1) is 20.6. The van der Waals surface area contributed by atoms with Crippen molar-refractivity contribution in [2.45, 2.75) is 13.8 Å². The zero-order chi connectivity index (χ0) is 21.1. The van der Waals surface area contributed by atoms with Gasteiger partial charge in [0.15, 0.2) is 11.5 Å². The number of rotatable bonds is 6. The van der Waals surface area contributed by atoms with Crippen LogP contribution >= 0.6 is 15.9 Å². The molecule has 0 atom stereocenters. The number of amides is 1. The van der Waals surface area contributed by atoms with Crippen molar-refractivity contribution in [1.82, 2.24) is 0 Å². The van der Waals surface area contributed by atoms with Crippen LogP contribution in [0.4, 0.5) is 5.69 Å². The Labute approximate surface area is 176 Å². The molecule has 0 fully saturated rings. The summed E-state index contributed by atoms with van der Waals surface area (Å²) < 4.78 is 11.7. The van der Waals surface area contributed by atoms with Gasteiger partial charge >= 0.3 is 5.97 Å². The summed E-state index contributed by atoms with van der Waals surface area (Å²) >= 11 is 3.47. The van der Waals surface area contributed by atoms with Gasteiger partial charge in [-0.05, 0) is 71.7 Å². The van der Waals surface area contributed by atoms with Crippen LogP contribution in [0.2, 0.25) is 0 Å². The van der Waals surface area contributed by atoms with Crippen molar-refractivity contribution in [3.63, 3.8) is 0 Å². The third-order valence-corrected chi connectivity index (χ3v) is 4.84. The second-order valence-electron chi connectivity index (χ2n) is 6.18. The maximum atomic E-state index is 12.9. The van der Waals surface area contributed by atoms with E-state index in [-0.39, 0.29) is 11.5 Å². The van der Waals surface area contributed by atoms with E-state index in [1.54, 1.807) is 38.3 Å². The molecule has 1 amide bonds. The average Bonchev–Trinajstić information content (AvgIpc) is 2.98. The van der Waals surface area contributed by atoms with Gasteiger partial charge in [-0.3, -0.25) is 4.79 Å². The molecule has 0 bridgehead atoms. The fraction of sp³-hybridized carbons (Fsp3) is 0.190. The summed E-state index contributed by atoms with van der Waals surface area (Å²) in [7, 11) is 1.55. The number of hydrazone groups is 1. The minimum Gasteiger partial charge on any atom is -0.493 e. The number of aromatic carboxylic acids is 1. The highest BCUT2D eigenvalue weighted by atomic mass is 79.9. The smallest absolute Gasteiger partial charge is 0.335 e. The Morgan fingerprint density at radius 2 is 2.07 bits per heavy atom. The Balaban J connectivity index is 1.97. The molecule has 0 saturated heterocycles. The number of methoxy groups -OCH3 is 1. The van der Waals surface area contributed by atoms with Gasteiger partial charge in [0.05, 0.1) is 40.7 Å². The number of hydrogen-bond acceptors (Lipinski definition) is 5. The minimum absolute atomic E-state index is 0.0840. The molecule has 7 nitrogen and oxygen atoms in total. The lowest BCUT2D eigenvalue weighted by molar-refractivity contribution is -0.114. The molecule has 0 spiro atoms. The third-order valence-electron chi connectivity index (χ3n) is 4.25. The van der Waals surface area contributed by atoms with Crippen LogP contribution in [-0.2, 0) is 4.79 Å². The molecule has 1 N–H and O–H groups in total. The molecular weight excluding hydrogens is 440 g/mol. The Hall–Kier alpha value is -3.13. The number of halogens is 1. The summed E-state index contributed by atoms with van der Waals surface area (Å²) in [6, 6.07) is 9.69. The first-order valence-corrected chi connectivity index (χ1v) is 9.60. The van der Waals surface area contributed by atoms with Gasteiger partial charge in [0.2, 0.25) is 0 Å². The number of carboxylic acid groups (broad SMARTS) is 1. The maximum Gasteiger partial charge on any atom is 0.335 e. The van der Waals surface area contributed by atoms with Crippen molar-refractivity contribution >= 4 is 45.3 Å². The topological polar surface area (TPSA) is 88.4 Å². The summed E-state index contributed by atoms with van der Waals surface area (Å²) in [4.78, 5) is 24.1. The van der Waals surface area contributed by atoms with Crippen LogP contribution in [-0.4, -0.2) is 36.4 Å². The molecule has 0 saturated carbocycles. The van der Waals surface area contributed by atoms with Crippen LogP contribution < -0.4 is 14.5 Å². The minimum atomic E-state index is -1.07. The molecule has 1 aliphatic heterocycles. The molecule has 1 aliphatic rings. The molecule has 0 unspecified atom stereocenters. The first-order chi connectivity index (χ1) is 13.8. The van der Waals surface area contributed by atoms with Gasteiger partial charge in [0, 0.05) is 0 Å². The number of carbonyl (C=O) groups is 2. The molecule has 3 rings (SSSR count). The SMILES string of the molecule is CCOc1c(Br)cc(/C=C2/C(=O)N(c3cccc(C(=O)O)c3)N=C2C)cc1OC. The van der Waals surface area contributed by atoms with E-state index in [4.69, 9.17) is 9.47 Å². The molecular formula is C21H19BrN2O5. The zero-order valence-corrected chi connectivity index (χ0v) is 17.7. The number of ether oxygens (including phenoxy) is 2. The van der Waals surface area contributed by atoms with E-state index >= 15 is 0 Å². The molecule has 0 aliphatic carbocycles. The Bertz CT molecular complexity index is 1050. The maximum absolute atomic E-state index is 12.9. The van der Waals surface area contributed by atoms with Gasteiger partial charge in [-0.25, -0.2) is 4.79 Å². The van der Waals surface area contributed by atoms with Crippen molar-refractivity contribution in [2.24, 2.45) is 5.10 Å². The number of nitrogens with zero attached hydrogens (tertiary/aromatic N) is 2. The quantitative estimate of drug-likeness (QED) is 0.649. The van der Waals surface area contributed by atoms with Crippen LogP contribution in [0.1, 0.15) is 29.8 Å². The fourth-order valence-electron chi connectivity index (χ4n) is 2.90. The lowest BCUT2D eigenvalue weighted by atomic mass is 10.1. The summed E-state index contributed by atoms with van der Waals surface area (Å²) in [6.07, 6.45) is 1.71. The second kappa shape index (κ2) is 8.48. The number of benzene rings is 2. The molecule has 1 heterocycles. The molecule has 150 valence electrons. The summed E-state index contributed by atoms with van der Waals surface area (Å²) in [5, 5.41) is 14.7. The van der Waals surface area contributed by atoms with Crippen molar-refractivity contribution in [3.8, 4) is 11.5 Å². The van der Waals surface area contributed by atoms with Gasteiger partial charge in [-0.1, -0.05) is 6.07 Å². The highest BCUT2D eigenvalue weighted by molar-refractivity contribution is 9.10. The number of anilines is 1. The van der Waals surface area contributed by atoms with E-state index in [1.807, 2.05) is 13.0 Å². The monoisotopic (exact) mass is 458 g/mol. The van der Waals surface area contributed by atoms with Crippen molar-refractivity contribution in [3.05, 3.63) is 57.6 Å². The van der Waals surface area contributed by atoms with E-state index in [2.05, 4.69) is 21.0 Å². The Morgan fingerprint density at radius 1 is 1.31 bits per heavy atom. The van der Waals surface area contributed by atoms with Crippen LogP contribution in [0, 0.1) is 0 Å². The average molecular weight is 459 g/mol. The lowest BCUT2D eigenvalue weighted by Crippen LogP contribution is -2.21. The summed E-state index contributed by atoms with van der Waals surface area (Å²) in [5.41, 5.74) is 2.14. The lowest BCUT2D eigenvalue weighted by Gasteiger charge is -2.13.